The Hall–Kier alpha value is -1.70. The third-order valence-corrected chi connectivity index (χ3v) is 3.98. The van der Waals surface area contributed by atoms with Crippen LogP contribution >= 0.6 is 11.8 Å². The van der Waals surface area contributed by atoms with Gasteiger partial charge in [-0.2, -0.15) is 0 Å². The van der Waals surface area contributed by atoms with Crippen LogP contribution in [0.3, 0.4) is 0 Å². The van der Waals surface area contributed by atoms with Crippen molar-refractivity contribution in [2.45, 2.75) is 11.4 Å². The van der Waals surface area contributed by atoms with Crippen LogP contribution in [-0.2, 0) is 9.59 Å². The van der Waals surface area contributed by atoms with Gasteiger partial charge in [0.1, 0.15) is 17.1 Å². The zero-order chi connectivity index (χ0) is 12.6. The maximum atomic E-state index is 11.5. The third kappa shape index (κ3) is 1.74. The van der Waals surface area contributed by atoms with Crippen molar-refractivity contribution in [2.24, 2.45) is 10.8 Å². The number of aliphatic carboxylic acids is 1. The van der Waals surface area contributed by atoms with Gasteiger partial charge < -0.3 is 10.8 Å². The molecule has 1 fully saturated rings. The van der Waals surface area contributed by atoms with Crippen LogP contribution in [0.2, 0.25) is 0 Å². The third-order valence-electron chi connectivity index (χ3n) is 2.62. The van der Waals surface area contributed by atoms with Crippen molar-refractivity contribution in [1.29, 1.82) is 0 Å². The van der Waals surface area contributed by atoms with Crippen LogP contribution < -0.4 is 5.73 Å². The number of nitrogens with zero attached hydrogens (tertiary/aromatic N) is 4. The molecule has 0 bridgehead atoms. The van der Waals surface area contributed by atoms with Gasteiger partial charge in [-0.3, -0.25) is 9.69 Å². The highest BCUT2D eigenvalue weighted by Crippen LogP contribution is 2.39. The number of azide groups is 1. The highest BCUT2D eigenvalue weighted by molar-refractivity contribution is 8.00. The Labute approximate surface area is 100 Å². The van der Waals surface area contributed by atoms with Gasteiger partial charge in [0.05, 0.1) is 6.54 Å². The normalized spacial score (nSPS) is 27.1. The molecule has 0 aromatic carbocycles. The number of thioether (sulfide) groups is 1. The fourth-order valence-electron chi connectivity index (χ4n) is 1.82. The number of carboxylic acids is 1. The molecule has 1 saturated heterocycles. The molecule has 0 aromatic rings. The molecule has 2 aliphatic heterocycles. The number of β-lactam (4-membered cyclic amide) rings is 1. The van der Waals surface area contributed by atoms with E-state index in [1.807, 2.05) is 0 Å². The molecule has 0 saturated carbocycles. The number of amides is 1. The number of carbonyl (C=O) groups is 2. The smallest absolute Gasteiger partial charge is 0.352 e. The molecule has 3 N–H and O–H groups in total. The zero-order valence-electron chi connectivity index (χ0n) is 8.61. The van der Waals surface area contributed by atoms with E-state index in [0.717, 1.165) is 0 Å². The van der Waals surface area contributed by atoms with Gasteiger partial charge in [0.2, 0.25) is 5.91 Å². The van der Waals surface area contributed by atoms with Gasteiger partial charge in [-0.05, 0) is 11.1 Å². The lowest BCUT2D eigenvalue weighted by Gasteiger charge is -2.47. The number of carboxylic acid groups (broad SMARTS) is 1. The molecule has 0 unspecified atom stereocenters. The molecule has 9 heteroatoms. The van der Waals surface area contributed by atoms with E-state index in [0.29, 0.717) is 11.3 Å². The highest BCUT2D eigenvalue weighted by atomic mass is 32.2. The van der Waals surface area contributed by atoms with E-state index in [9.17, 15) is 9.59 Å². The second-order valence-electron chi connectivity index (χ2n) is 3.58. The number of fused-ring (bicyclic) bond motifs is 1. The number of nitrogens with two attached hydrogens (primary N) is 1. The van der Waals surface area contributed by atoms with Gasteiger partial charge in [0, 0.05) is 10.7 Å². The fraction of sp³-hybridized carbons (Fsp3) is 0.500. The second kappa shape index (κ2) is 4.28. The van der Waals surface area contributed by atoms with Crippen LogP contribution in [0.1, 0.15) is 0 Å². The van der Waals surface area contributed by atoms with Crippen molar-refractivity contribution >= 4 is 23.6 Å². The maximum Gasteiger partial charge on any atom is 0.352 e. The van der Waals surface area contributed by atoms with Crippen LogP contribution in [0.4, 0.5) is 0 Å². The standard InChI is InChI=1S/C8H9N5O3S/c9-4-6(14)13-5(8(15)16)3(1-11-12-10)2-17-7(4)13/h4,7H,1-2,9H2,(H,15,16)/t4-,7-/m0/s1. The quantitative estimate of drug-likeness (QED) is 0.314. The molecular weight excluding hydrogens is 246 g/mol. The van der Waals surface area contributed by atoms with E-state index in [-0.39, 0.29) is 17.6 Å². The highest BCUT2D eigenvalue weighted by Gasteiger charge is 2.51. The SMILES string of the molecule is [N-]=[N+]=NCC1=C(C(=O)O)N2C(=O)[C@H](N)[C@@H]2SC1. The van der Waals surface area contributed by atoms with E-state index < -0.39 is 17.9 Å². The summed E-state index contributed by atoms with van der Waals surface area (Å²) in [4.78, 5) is 26.4. The molecule has 2 rings (SSSR count). The fourth-order valence-corrected chi connectivity index (χ4v) is 3.10. The first kappa shape index (κ1) is 11.8. The van der Waals surface area contributed by atoms with E-state index in [1.54, 1.807) is 0 Å². The molecule has 17 heavy (non-hydrogen) atoms. The second-order valence-corrected chi connectivity index (χ2v) is 4.69. The van der Waals surface area contributed by atoms with Gasteiger partial charge >= 0.3 is 5.97 Å². The molecule has 1 amide bonds. The van der Waals surface area contributed by atoms with Crippen molar-refractivity contribution < 1.29 is 14.7 Å². The lowest BCUT2D eigenvalue weighted by atomic mass is 10.0. The average molecular weight is 255 g/mol. The Bertz CT molecular complexity index is 470. The molecule has 0 aromatic heterocycles. The Morgan fingerprint density at radius 3 is 3.06 bits per heavy atom. The monoisotopic (exact) mass is 255 g/mol. The Kier molecular flexibility index (Phi) is 2.97. The van der Waals surface area contributed by atoms with Crippen molar-refractivity contribution in [3.8, 4) is 0 Å². The zero-order valence-corrected chi connectivity index (χ0v) is 9.42. The molecule has 0 radical (unpaired) electrons. The molecular formula is C8H9N5O3S. The lowest BCUT2D eigenvalue weighted by Crippen LogP contribution is -2.68. The molecule has 90 valence electrons. The minimum absolute atomic E-state index is 0.0448. The van der Waals surface area contributed by atoms with Gasteiger partial charge in [-0.15, -0.1) is 11.8 Å². The van der Waals surface area contributed by atoms with E-state index in [4.69, 9.17) is 16.4 Å². The van der Waals surface area contributed by atoms with Crippen LogP contribution in [0.5, 0.6) is 0 Å². The summed E-state index contributed by atoms with van der Waals surface area (Å²) >= 11 is 1.38. The Morgan fingerprint density at radius 2 is 2.47 bits per heavy atom. The van der Waals surface area contributed by atoms with Crippen LogP contribution in [0.15, 0.2) is 16.4 Å². The largest absolute Gasteiger partial charge is 0.477 e. The van der Waals surface area contributed by atoms with Gasteiger partial charge in [0.15, 0.2) is 0 Å². The topological polar surface area (TPSA) is 132 Å². The van der Waals surface area contributed by atoms with E-state index in [1.165, 1.54) is 16.7 Å². The number of hydrogen-bond acceptors (Lipinski definition) is 5. The van der Waals surface area contributed by atoms with Gasteiger partial charge in [0.25, 0.3) is 0 Å². The summed E-state index contributed by atoms with van der Waals surface area (Å²) in [6, 6.07) is -0.643. The Balaban J connectivity index is 2.36. The summed E-state index contributed by atoms with van der Waals surface area (Å²) in [6.45, 7) is -0.0448. The first-order valence-corrected chi connectivity index (χ1v) is 5.79. The lowest BCUT2D eigenvalue weighted by molar-refractivity contribution is -0.147. The summed E-state index contributed by atoms with van der Waals surface area (Å²) < 4.78 is 0. The Morgan fingerprint density at radius 1 is 1.76 bits per heavy atom. The molecule has 0 spiro atoms. The molecule has 2 atom stereocenters. The summed E-state index contributed by atoms with van der Waals surface area (Å²) in [6.07, 6.45) is 0. The van der Waals surface area contributed by atoms with Crippen molar-refractivity contribution in [1.82, 2.24) is 4.90 Å². The van der Waals surface area contributed by atoms with Crippen molar-refractivity contribution in [2.75, 3.05) is 12.3 Å². The van der Waals surface area contributed by atoms with Gasteiger partial charge in [-0.25, -0.2) is 4.79 Å². The molecule has 8 nitrogen and oxygen atoms in total. The van der Waals surface area contributed by atoms with E-state index >= 15 is 0 Å². The average Bonchev–Trinajstić information content (AvgIpc) is 2.33. The first-order chi connectivity index (χ1) is 8.07. The number of hydrogen-bond donors (Lipinski definition) is 2. The van der Waals surface area contributed by atoms with Crippen LogP contribution in [-0.4, -0.2) is 45.6 Å². The molecule has 2 heterocycles. The van der Waals surface area contributed by atoms with Crippen LogP contribution in [0.25, 0.3) is 10.4 Å². The van der Waals surface area contributed by atoms with Crippen molar-refractivity contribution in [3.05, 3.63) is 21.7 Å². The van der Waals surface area contributed by atoms with E-state index in [2.05, 4.69) is 10.0 Å². The predicted octanol–water partition coefficient (Wildman–Crippen LogP) is -0.122. The van der Waals surface area contributed by atoms with Gasteiger partial charge in [-0.1, -0.05) is 5.11 Å². The maximum absolute atomic E-state index is 11.5. The van der Waals surface area contributed by atoms with Crippen LogP contribution in [0, 0.1) is 0 Å². The summed E-state index contributed by atoms with van der Waals surface area (Å²) in [5.74, 6) is -1.19. The minimum Gasteiger partial charge on any atom is -0.477 e. The summed E-state index contributed by atoms with van der Waals surface area (Å²) in [5, 5.41) is 12.1. The molecule has 2 aliphatic rings. The predicted molar refractivity (Wildman–Crippen MR) is 59.7 cm³/mol. The van der Waals surface area contributed by atoms with Crippen molar-refractivity contribution in [3.63, 3.8) is 0 Å². The summed E-state index contributed by atoms with van der Waals surface area (Å²) in [5.41, 5.74) is 14.2. The molecule has 0 aliphatic carbocycles. The minimum atomic E-state index is -1.20. The first-order valence-electron chi connectivity index (χ1n) is 4.74. The summed E-state index contributed by atoms with van der Waals surface area (Å²) in [7, 11) is 0. The number of carbonyl (C=O) groups excluding carboxylic acids is 1. The number of rotatable bonds is 3.